The SMILES string of the molecule is Cc1cc(C(=O)NCc2ccn(C)n2)cc(NN)n1. The number of hydrazine groups is 1. The molecule has 7 heteroatoms. The molecule has 0 bridgehead atoms. The summed E-state index contributed by atoms with van der Waals surface area (Å²) < 4.78 is 1.69. The molecular weight excluding hydrogens is 244 g/mol. The molecule has 2 rings (SSSR count). The number of aryl methyl sites for hydroxylation is 2. The van der Waals surface area contributed by atoms with Crippen LogP contribution in [0.2, 0.25) is 0 Å². The third-order valence-corrected chi connectivity index (χ3v) is 2.56. The van der Waals surface area contributed by atoms with Crippen molar-refractivity contribution in [2.45, 2.75) is 13.5 Å². The third-order valence-electron chi connectivity index (χ3n) is 2.56. The summed E-state index contributed by atoms with van der Waals surface area (Å²) in [6, 6.07) is 5.15. The number of nitrogen functional groups attached to an aromatic ring is 1. The van der Waals surface area contributed by atoms with Crippen LogP contribution in [0.5, 0.6) is 0 Å². The predicted molar refractivity (Wildman–Crippen MR) is 71.2 cm³/mol. The van der Waals surface area contributed by atoms with Crippen molar-refractivity contribution in [1.29, 1.82) is 0 Å². The Labute approximate surface area is 110 Å². The van der Waals surface area contributed by atoms with Crippen LogP contribution in [0.1, 0.15) is 21.7 Å². The average molecular weight is 260 g/mol. The maximum atomic E-state index is 12.0. The van der Waals surface area contributed by atoms with E-state index in [0.29, 0.717) is 17.9 Å². The van der Waals surface area contributed by atoms with Gasteiger partial charge in [0.1, 0.15) is 5.82 Å². The molecule has 0 atom stereocenters. The van der Waals surface area contributed by atoms with E-state index in [1.54, 1.807) is 23.7 Å². The molecule has 2 aromatic heterocycles. The van der Waals surface area contributed by atoms with Gasteiger partial charge in [0.25, 0.3) is 5.91 Å². The summed E-state index contributed by atoms with van der Waals surface area (Å²) in [5, 5.41) is 6.98. The largest absolute Gasteiger partial charge is 0.346 e. The van der Waals surface area contributed by atoms with E-state index in [1.807, 2.05) is 19.3 Å². The fourth-order valence-corrected chi connectivity index (χ4v) is 1.70. The van der Waals surface area contributed by atoms with Crippen LogP contribution < -0.4 is 16.6 Å². The molecule has 0 saturated heterocycles. The number of hydrogen-bond donors (Lipinski definition) is 3. The second-order valence-electron chi connectivity index (χ2n) is 4.19. The lowest BCUT2D eigenvalue weighted by atomic mass is 10.2. The molecule has 0 aliphatic rings. The van der Waals surface area contributed by atoms with Crippen molar-refractivity contribution in [1.82, 2.24) is 20.1 Å². The maximum Gasteiger partial charge on any atom is 0.251 e. The van der Waals surface area contributed by atoms with Crippen LogP contribution in [-0.4, -0.2) is 20.7 Å². The Morgan fingerprint density at radius 2 is 2.26 bits per heavy atom. The fourth-order valence-electron chi connectivity index (χ4n) is 1.70. The van der Waals surface area contributed by atoms with Gasteiger partial charge in [-0.1, -0.05) is 0 Å². The minimum atomic E-state index is -0.187. The number of hydrogen-bond acceptors (Lipinski definition) is 5. The van der Waals surface area contributed by atoms with Crippen molar-refractivity contribution in [2.24, 2.45) is 12.9 Å². The van der Waals surface area contributed by atoms with Crippen molar-refractivity contribution in [3.8, 4) is 0 Å². The Hall–Kier alpha value is -2.41. The molecule has 100 valence electrons. The molecule has 0 saturated carbocycles. The Kier molecular flexibility index (Phi) is 3.76. The first-order chi connectivity index (χ1) is 9.08. The first-order valence-corrected chi connectivity index (χ1v) is 5.80. The van der Waals surface area contributed by atoms with Crippen LogP contribution >= 0.6 is 0 Å². The van der Waals surface area contributed by atoms with Gasteiger partial charge >= 0.3 is 0 Å². The van der Waals surface area contributed by atoms with Crippen LogP contribution in [0.15, 0.2) is 24.4 Å². The smallest absolute Gasteiger partial charge is 0.251 e. The minimum absolute atomic E-state index is 0.187. The maximum absolute atomic E-state index is 12.0. The zero-order chi connectivity index (χ0) is 13.8. The van der Waals surface area contributed by atoms with Gasteiger partial charge in [0.15, 0.2) is 0 Å². The van der Waals surface area contributed by atoms with Crippen LogP contribution in [-0.2, 0) is 13.6 Å². The van der Waals surface area contributed by atoms with Gasteiger partial charge in [-0.25, -0.2) is 10.8 Å². The van der Waals surface area contributed by atoms with Gasteiger partial charge in [-0.3, -0.25) is 9.48 Å². The van der Waals surface area contributed by atoms with E-state index in [9.17, 15) is 4.79 Å². The zero-order valence-electron chi connectivity index (χ0n) is 10.8. The first kappa shape index (κ1) is 13.0. The Morgan fingerprint density at radius 1 is 1.47 bits per heavy atom. The number of pyridine rings is 1. The quantitative estimate of drug-likeness (QED) is 0.544. The Balaban J connectivity index is 2.05. The van der Waals surface area contributed by atoms with Gasteiger partial charge in [0.2, 0.25) is 0 Å². The highest BCUT2D eigenvalue weighted by Crippen LogP contribution is 2.09. The van der Waals surface area contributed by atoms with Crippen LogP contribution in [0, 0.1) is 6.92 Å². The van der Waals surface area contributed by atoms with E-state index in [0.717, 1.165) is 11.4 Å². The van der Waals surface area contributed by atoms with Crippen molar-refractivity contribution in [2.75, 3.05) is 5.43 Å². The molecule has 7 nitrogen and oxygen atoms in total. The van der Waals surface area contributed by atoms with E-state index in [-0.39, 0.29) is 5.91 Å². The molecule has 0 unspecified atom stereocenters. The van der Waals surface area contributed by atoms with Crippen molar-refractivity contribution in [3.05, 3.63) is 41.3 Å². The number of nitrogens with one attached hydrogen (secondary N) is 2. The second-order valence-corrected chi connectivity index (χ2v) is 4.19. The van der Waals surface area contributed by atoms with Gasteiger partial charge in [-0.15, -0.1) is 0 Å². The van der Waals surface area contributed by atoms with E-state index in [1.165, 1.54) is 0 Å². The topological polar surface area (TPSA) is 97.9 Å². The Bertz CT molecular complexity index is 592. The lowest BCUT2D eigenvalue weighted by Gasteiger charge is -2.06. The summed E-state index contributed by atoms with van der Waals surface area (Å²) in [6.45, 7) is 2.18. The second kappa shape index (κ2) is 5.49. The van der Waals surface area contributed by atoms with E-state index in [4.69, 9.17) is 5.84 Å². The summed E-state index contributed by atoms with van der Waals surface area (Å²) >= 11 is 0. The number of rotatable bonds is 4. The number of anilines is 1. The van der Waals surface area contributed by atoms with E-state index >= 15 is 0 Å². The minimum Gasteiger partial charge on any atom is -0.346 e. The Morgan fingerprint density at radius 3 is 2.89 bits per heavy atom. The summed E-state index contributed by atoms with van der Waals surface area (Å²) in [6.07, 6.45) is 1.83. The number of carbonyl (C=O) groups excluding carboxylic acids is 1. The molecule has 0 spiro atoms. The number of nitrogens with zero attached hydrogens (tertiary/aromatic N) is 3. The van der Waals surface area contributed by atoms with Gasteiger partial charge in [0.05, 0.1) is 12.2 Å². The standard InChI is InChI=1S/C12H16N6O/c1-8-5-9(6-11(15-8)16-13)12(19)14-7-10-3-4-18(2)17-10/h3-6H,7,13H2,1-2H3,(H,14,19)(H,15,16). The van der Waals surface area contributed by atoms with Crippen LogP contribution in [0.25, 0.3) is 0 Å². The molecule has 1 amide bonds. The molecule has 0 aromatic carbocycles. The number of aromatic nitrogens is 3. The lowest BCUT2D eigenvalue weighted by Crippen LogP contribution is -2.23. The molecule has 0 aliphatic heterocycles. The summed E-state index contributed by atoms with van der Waals surface area (Å²) in [5.74, 6) is 5.57. The van der Waals surface area contributed by atoms with E-state index < -0.39 is 0 Å². The third kappa shape index (κ3) is 3.29. The number of nitrogens with two attached hydrogens (primary N) is 1. The van der Waals surface area contributed by atoms with Crippen LogP contribution in [0.3, 0.4) is 0 Å². The number of carbonyl (C=O) groups is 1. The normalized spacial score (nSPS) is 10.3. The highest BCUT2D eigenvalue weighted by Gasteiger charge is 2.08. The highest BCUT2D eigenvalue weighted by molar-refractivity contribution is 5.94. The molecule has 4 N–H and O–H groups in total. The first-order valence-electron chi connectivity index (χ1n) is 5.80. The van der Waals surface area contributed by atoms with Crippen molar-refractivity contribution < 1.29 is 4.79 Å². The van der Waals surface area contributed by atoms with Crippen molar-refractivity contribution >= 4 is 11.7 Å². The zero-order valence-corrected chi connectivity index (χ0v) is 10.8. The highest BCUT2D eigenvalue weighted by atomic mass is 16.1. The van der Waals surface area contributed by atoms with Gasteiger partial charge in [0, 0.05) is 24.5 Å². The molecule has 2 aromatic rings. The fraction of sp³-hybridized carbons (Fsp3) is 0.250. The molecule has 0 fully saturated rings. The molecule has 0 radical (unpaired) electrons. The number of amides is 1. The summed E-state index contributed by atoms with van der Waals surface area (Å²) in [7, 11) is 1.83. The summed E-state index contributed by atoms with van der Waals surface area (Å²) in [5.41, 5.74) is 4.47. The molecule has 19 heavy (non-hydrogen) atoms. The molecular formula is C12H16N6O. The predicted octanol–water partition coefficient (Wildman–Crippen LogP) is 0.339. The lowest BCUT2D eigenvalue weighted by molar-refractivity contribution is 0.0950. The summed E-state index contributed by atoms with van der Waals surface area (Å²) in [4.78, 5) is 16.1. The molecule has 0 aliphatic carbocycles. The van der Waals surface area contributed by atoms with Gasteiger partial charge < -0.3 is 10.7 Å². The molecule has 2 heterocycles. The van der Waals surface area contributed by atoms with Gasteiger partial charge in [-0.05, 0) is 25.1 Å². The monoisotopic (exact) mass is 260 g/mol. The van der Waals surface area contributed by atoms with E-state index in [2.05, 4.69) is 20.8 Å². The van der Waals surface area contributed by atoms with Gasteiger partial charge in [-0.2, -0.15) is 5.10 Å². The van der Waals surface area contributed by atoms with Crippen molar-refractivity contribution in [3.63, 3.8) is 0 Å². The average Bonchev–Trinajstić information content (AvgIpc) is 2.81. The van der Waals surface area contributed by atoms with Crippen LogP contribution in [0.4, 0.5) is 5.82 Å².